The molecule has 224 valence electrons. The predicted octanol–water partition coefficient (Wildman–Crippen LogP) is 4.93. The summed E-state index contributed by atoms with van der Waals surface area (Å²) in [6.45, 7) is 3.09. The van der Waals surface area contributed by atoms with Gasteiger partial charge in [-0.15, -0.1) is 0 Å². The van der Waals surface area contributed by atoms with Gasteiger partial charge in [0.15, 0.2) is 5.69 Å². The lowest BCUT2D eigenvalue weighted by molar-refractivity contribution is 0.0592. The van der Waals surface area contributed by atoms with Gasteiger partial charge >= 0.3 is 5.97 Å². The Morgan fingerprint density at radius 3 is 1.73 bits per heavy atom. The van der Waals surface area contributed by atoms with Gasteiger partial charge in [-0.2, -0.15) is 0 Å². The average molecular weight is 683 g/mol. The lowest BCUT2D eigenvalue weighted by Crippen LogP contribution is -2.17. The second kappa shape index (κ2) is 14.7. The Morgan fingerprint density at radius 2 is 1.27 bits per heavy atom. The first-order valence-electron chi connectivity index (χ1n) is 12.8. The van der Waals surface area contributed by atoms with E-state index in [1.54, 1.807) is 19.5 Å². The first-order valence-corrected chi connectivity index (χ1v) is 13.8. The number of hydrogen-bond acceptors (Lipinski definition) is 10. The molecule has 0 bridgehead atoms. The second-order valence-corrected chi connectivity index (χ2v) is 10.3. The van der Waals surface area contributed by atoms with Crippen LogP contribution in [-0.2, 0) is 14.2 Å². The maximum absolute atomic E-state index is 11.7. The summed E-state index contributed by atoms with van der Waals surface area (Å²) >= 11 is 2.20. The second-order valence-electron chi connectivity index (χ2n) is 9.22. The minimum atomic E-state index is -0.498. The molecule has 12 nitrogen and oxygen atoms in total. The standard InChI is InChI=1S/C14H17N3O4.C12H14IN3O2.2CH4/c1-19-13-11-7-15-12(9-3-5-21-6-4-9)17(11)8-10(16-13)14(18)20-2;1-17-12-9-6-14-11(8-2-4-18-5-3-8)16(9)7-10(13)15-12;;/h7-9H,3-6H2,1-2H3;6-8H,2-5H2,1H3;2*1H4. The summed E-state index contributed by atoms with van der Waals surface area (Å²) in [5.74, 6) is 3.26. The zero-order valence-corrected chi connectivity index (χ0v) is 24.3. The van der Waals surface area contributed by atoms with Crippen LogP contribution in [0.2, 0.25) is 0 Å². The van der Waals surface area contributed by atoms with Crippen molar-refractivity contribution in [3.05, 3.63) is 45.8 Å². The van der Waals surface area contributed by atoms with Gasteiger partial charge in [0.05, 0.1) is 33.7 Å². The zero-order chi connectivity index (χ0) is 27.4. The van der Waals surface area contributed by atoms with E-state index in [4.69, 9.17) is 23.7 Å². The van der Waals surface area contributed by atoms with Crippen LogP contribution in [0.1, 0.15) is 74.5 Å². The molecule has 4 aromatic heterocycles. The number of methoxy groups -OCH3 is 3. The normalized spacial score (nSPS) is 15.8. The van der Waals surface area contributed by atoms with Crippen molar-refractivity contribution in [3.63, 3.8) is 0 Å². The summed E-state index contributed by atoms with van der Waals surface area (Å²) in [5.41, 5.74) is 1.87. The van der Waals surface area contributed by atoms with Crippen LogP contribution >= 0.6 is 22.6 Å². The number of hydrogen-bond donors (Lipinski definition) is 0. The van der Waals surface area contributed by atoms with Crippen LogP contribution < -0.4 is 9.47 Å². The Bertz CT molecular complexity index is 1450. The van der Waals surface area contributed by atoms with Gasteiger partial charge in [-0.25, -0.2) is 24.7 Å². The number of fused-ring (bicyclic) bond motifs is 2. The summed E-state index contributed by atoms with van der Waals surface area (Å²) in [7, 11) is 4.48. The summed E-state index contributed by atoms with van der Waals surface area (Å²) in [5, 5.41) is 0. The lowest BCUT2D eigenvalue weighted by Gasteiger charge is -2.21. The van der Waals surface area contributed by atoms with Crippen molar-refractivity contribution in [1.29, 1.82) is 0 Å². The maximum atomic E-state index is 11.7. The van der Waals surface area contributed by atoms with Gasteiger partial charge in [0, 0.05) is 50.7 Å². The van der Waals surface area contributed by atoms with Gasteiger partial charge in [0.1, 0.15) is 26.4 Å². The fraction of sp³-hybridized carbons (Fsp3) is 0.536. The first kappa shape index (κ1) is 32.5. The highest BCUT2D eigenvalue weighted by atomic mass is 127. The Hall–Kier alpha value is -3.04. The predicted molar refractivity (Wildman–Crippen MR) is 162 cm³/mol. The summed E-state index contributed by atoms with van der Waals surface area (Å²) < 4.78 is 31.0. The minimum absolute atomic E-state index is 0. The molecule has 0 aromatic carbocycles. The molecule has 6 heterocycles. The van der Waals surface area contributed by atoms with Gasteiger partial charge in [0.2, 0.25) is 11.8 Å². The van der Waals surface area contributed by atoms with Crippen molar-refractivity contribution in [2.45, 2.75) is 52.4 Å². The number of esters is 1. The van der Waals surface area contributed by atoms with Crippen LogP contribution in [0.15, 0.2) is 24.8 Å². The Labute approximate surface area is 253 Å². The number of aromatic nitrogens is 6. The highest BCUT2D eigenvalue weighted by Gasteiger charge is 2.24. The molecular formula is C28H39IN6O6. The molecule has 0 saturated carbocycles. The number of carbonyl (C=O) groups excluding carboxylic acids is 1. The van der Waals surface area contributed by atoms with Crippen molar-refractivity contribution >= 4 is 39.6 Å². The quantitative estimate of drug-likeness (QED) is 0.212. The Balaban J connectivity index is 0.000000217. The van der Waals surface area contributed by atoms with E-state index in [0.717, 1.165) is 78.5 Å². The van der Waals surface area contributed by atoms with Crippen LogP contribution in [0, 0.1) is 3.70 Å². The van der Waals surface area contributed by atoms with E-state index in [1.807, 2.05) is 16.8 Å². The van der Waals surface area contributed by atoms with Crippen LogP contribution in [0.4, 0.5) is 0 Å². The monoisotopic (exact) mass is 682 g/mol. The number of imidazole rings is 2. The van der Waals surface area contributed by atoms with Crippen LogP contribution in [-0.4, -0.2) is 82.5 Å². The van der Waals surface area contributed by atoms with E-state index in [-0.39, 0.29) is 20.5 Å². The topological polar surface area (TPSA) is 124 Å². The third-order valence-corrected chi connectivity index (χ3v) is 7.48. The Kier molecular flexibility index (Phi) is 11.7. The van der Waals surface area contributed by atoms with Crippen molar-refractivity contribution < 1.29 is 28.5 Å². The van der Waals surface area contributed by atoms with E-state index in [0.29, 0.717) is 23.6 Å². The average Bonchev–Trinajstić information content (AvgIpc) is 3.61. The highest BCUT2D eigenvalue weighted by molar-refractivity contribution is 14.1. The molecule has 0 aliphatic carbocycles. The first-order chi connectivity index (χ1) is 19.0. The molecule has 6 rings (SSSR count). The Morgan fingerprint density at radius 1 is 0.805 bits per heavy atom. The zero-order valence-electron chi connectivity index (χ0n) is 22.1. The van der Waals surface area contributed by atoms with E-state index in [2.05, 4.69) is 46.9 Å². The third-order valence-electron chi connectivity index (χ3n) is 6.96. The van der Waals surface area contributed by atoms with Crippen LogP contribution in [0.5, 0.6) is 11.8 Å². The molecular weight excluding hydrogens is 643 g/mol. The van der Waals surface area contributed by atoms with Crippen LogP contribution in [0.25, 0.3) is 11.0 Å². The van der Waals surface area contributed by atoms with Gasteiger partial charge in [-0.3, -0.25) is 8.80 Å². The molecule has 0 radical (unpaired) electrons. The number of carbonyl (C=O) groups is 1. The van der Waals surface area contributed by atoms with E-state index < -0.39 is 5.97 Å². The molecule has 0 spiro atoms. The van der Waals surface area contributed by atoms with Gasteiger partial charge in [-0.1, -0.05) is 14.9 Å². The number of ether oxygens (including phenoxy) is 5. The van der Waals surface area contributed by atoms with Gasteiger partial charge < -0.3 is 23.7 Å². The van der Waals surface area contributed by atoms with Crippen molar-refractivity contribution in [1.82, 2.24) is 28.7 Å². The number of nitrogens with zero attached hydrogens (tertiary/aromatic N) is 6. The fourth-order valence-corrected chi connectivity index (χ4v) is 5.46. The van der Waals surface area contributed by atoms with Gasteiger partial charge in [0.25, 0.3) is 0 Å². The molecule has 41 heavy (non-hydrogen) atoms. The lowest BCUT2D eigenvalue weighted by atomic mass is 10.00. The van der Waals surface area contributed by atoms with Crippen LogP contribution in [0.3, 0.4) is 0 Å². The molecule has 0 unspecified atom stereocenters. The SMILES string of the molecule is C.C.COC(=O)c1cn2c(C3CCOCC3)ncc2c(OC)n1.COc1nc(I)cn2c(C3CCOCC3)ncc12. The largest absolute Gasteiger partial charge is 0.479 e. The molecule has 2 saturated heterocycles. The van der Waals surface area contributed by atoms with Crippen molar-refractivity contribution in [2.24, 2.45) is 0 Å². The highest BCUT2D eigenvalue weighted by Crippen LogP contribution is 2.30. The number of halogens is 1. The summed E-state index contributed by atoms with van der Waals surface area (Å²) in [4.78, 5) is 29.3. The number of rotatable bonds is 5. The molecule has 0 atom stereocenters. The smallest absolute Gasteiger partial charge is 0.358 e. The molecule has 0 N–H and O–H groups in total. The van der Waals surface area contributed by atoms with Gasteiger partial charge in [-0.05, 0) is 48.3 Å². The minimum Gasteiger partial charge on any atom is -0.479 e. The molecule has 4 aromatic rings. The van der Waals surface area contributed by atoms with Crippen molar-refractivity contribution in [2.75, 3.05) is 47.8 Å². The van der Waals surface area contributed by atoms with E-state index in [9.17, 15) is 4.79 Å². The van der Waals surface area contributed by atoms with E-state index >= 15 is 0 Å². The van der Waals surface area contributed by atoms with Crippen molar-refractivity contribution in [3.8, 4) is 11.8 Å². The maximum Gasteiger partial charge on any atom is 0.358 e. The van der Waals surface area contributed by atoms with E-state index in [1.165, 1.54) is 14.2 Å². The third kappa shape index (κ3) is 6.89. The summed E-state index contributed by atoms with van der Waals surface area (Å²) in [6.07, 6.45) is 11.1. The molecule has 2 aliphatic heterocycles. The molecule has 2 aliphatic rings. The molecule has 2 fully saturated rings. The fourth-order valence-electron chi connectivity index (χ4n) is 4.96. The molecule has 13 heteroatoms. The molecule has 0 amide bonds. The summed E-state index contributed by atoms with van der Waals surface area (Å²) in [6, 6.07) is 0.